The first-order chi connectivity index (χ1) is 14.7. The molecule has 0 aliphatic heterocycles. The van der Waals surface area contributed by atoms with Crippen molar-refractivity contribution in [3.63, 3.8) is 0 Å². The molecule has 9 heteroatoms. The van der Waals surface area contributed by atoms with E-state index in [4.69, 9.17) is 4.42 Å². The summed E-state index contributed by atoms with van der Waals surface area (Å²) in [7, 11) is 0. The summed E-state index contributed by atoms with van der Waals surface area (Å²) in [5, 5.41) is 14.1. The van der Waals surface area contributed by atoms with Crippen LogP contribution in [0.1, 0.15) is 0 Å². The highest BCUT2D eigenvalue weighted by atomic mass is 79.9. The van der Waals surface area contributed by atoms with E-state index in [9.17, 15) is 4.79 Å². The van der Waals surface area contributed by atoms with Crippen molar-refractivity contribution < 1.29 is 9.21 Å². The van der Waals surface area contributed by atoms with Crippen molar-refractivity contribution in [1.29, 1.82) is 0 Å². The zero-order chi connectivity index (χ0) is 20.5. The molecule has 0 saturated carbocycles. The van der Waals surface area contributed by atoms with Gasteiger partial charge in [-0.2, -0.15) is 0 Å². The van der Waals surface area contributed by atoms with Crippen LogP contribution in [0.2, 0.25) is 0 Å². The number of nitrogens with one attached hydrogen (secondary N) is 1. The maximum atomic E-state index is 12.3. The van der Waals surface area contributed by atoms with Gasteiger partial charge in [-0.25, -0.2) is 4.98 Å². The number of thiazole rings is 1. The van der Waals surface area contributed by atoms with Crippen molar-refractivity contribution in [2.75, 3.05) is 11.1 Å². The summed E-state index contributed by atoms with van der Waals surface area (Å²) in [5.41, 5.74) is 1.72. The molecular weight excluding hydrogens is 484 g/mol. The maximum Gasteiger partial charge on any atom is 0.277 e. The van der Waals surface area contributed by atoms with E-state index >= 15 is 0 Å². The molecule has 0 atom stereocenters. The van der Waals surface area contributed by atoms with E-state index in [0.29, 0.717) is 16.2 Å². The number of fused-ring (bicyclic) bond motifs is 2. The molecule has 0 aliphatic rings. The summed E-state index contributed by atoms with van der Waals surface area (Å²) < 4.78 is 7.76. The molecule has 0 bridgehead atoms. The number of hydrogen-bond donors (Lipinski definition) is 1. The van der Waals surface area contributed by atoms with Gasteiger partial charge in [0, 0.05) is 10.0 Å². The molecule has 1 amide bonds. The number of aromatic nitrogens is 3. The topological polar surface area (TPSA) is 80.9 Å². The van der Waals surface area contributed by atoms with Gasteiger partial charge in [0.2, 0.25) is 11.8 Å². The van der Waals surface area contributed by atoms with Gasteiger partial charge in [0.25, 0.3) is 5.22 Å². The maximum absolute atomic E-state index is 12.3. The largest absolute Gasteiger partial charge is 0.411 e. The lowest BCUT2D eigenvalue weighted by Gasteiger charge is -2.01. The Morgan fingerprint density at radius 3 is 2.90 bits per heavy atom. The molecule has 0 saturated heterocycles. The molecule has 5 rings (SSSR count). The highest BCUT2D eigenvalue weighted by Crippen LogP contribution is 2.30. The number of carbonyl (C=O) groups excluding carboxylic acids is 1. The van der Waals surface area contributed by atoms with Gasteiger partial charge in [0.1, 0.15) is 0 Å². The quantitative estimate of drug-likeness (QED) is 0.301. The Bertz CT molecular complexity index is 1380. The van der Waals surface area contributed by atoms with Crippen molar-refractivity contribution in [2.45, 2.75) is 5.22 Å². The van der Waals surface area contributed by atoms with Crippen LogP contribution in [-0.4, -0.2) is 26.8 Å². The van der Waals surface area contributed by atoms with E-state index in [-0.39, 0.29) is 11.7 Å². The van der Waals surface area contributed by atoms with Crippen molar-refractivity contribution in [2.24, 2.45) is 0 Å². The minimum Gasteiger partial charge on any atom is -0.411 e. The van der Waals surface area contributed by atoms with Crippen LogP contribution in [0.3, 0.4) is 0 Å². The second kappa shape index (κ2) is 8.17. The van der Waals surface area contributed by atoms with Crippen molar-refractivity contribution in [1.82, 2.24) is 15.2 Å². The zero-order valence-electron chi connectivity index (χ0n) is 15.3. The second-order valence-electron chi connectivity index (χ2n) is 6.37. The first kappa shape index (κ1) is 19.2. The molecule has 0 spiro atoms. The summed E-state index contributed by atoms with van der Waals surface area (Å²) in [6, 6.07) is 19.8. The third-order valence-electron chi connectivity index (χ3n) is 4.35. The van der Waals surface area contributed by atoms with Crippen LogP contribution >= 0.6 is 39.0 Å². The van der Waals surface area contributed by atoms with Gasteiger partial charge >= 0.3 is 0 Å². The Hall–Kier alpha value is -2.75. The van der Waals surface area contributed by atoms with E-state index in [1.54, 1.807) is 0 Å². The van der Waals surface area contributed by atoms with Crippen LogP contribution in [0.4, 0.5) is 5.13 Å². The van der Waals surface area contributed by atoms with Gasteiger partial charge in [-0.1, -0.05) is 75.4 Å². The predicted molar refractivity (Wildman–Crippen MR) is 124 cm³/mol. The van der Waals surface area contributed by atoms with Crippen LogP contribution in [0, 0.1) is 0 Å². The molecular formula is C21H13BrN4O2S2. The number of hydrogen-bond acceptors (Lipinski definition) is 7. The molecule has 6 nitrogen and oxygen atoms in total. The lowest BCUT2D eigenvalue weighted by atomic mass is 10.0. The lowest BCUT2D eigenvalue weighted by Crippen LogP contribution is -2.13. The predicted octanol–water partition coefficient (Wildman–Crippen LogP) is 5.99. The van der Waals surface area contributed by atoms with Gasteiger partial charge in [0.15, 0.2) is 5.13 Å². The number of thioether (sulfide) groups is 1. The highest BCUT2D eigenvalue weighted by Gasteiger charge is 2.14. The molecule has 2 heterocycles. The van der Waals surface area contributed by atoms with Crippen LogP contribution in [0.15, 0.2) is 74.8 Å². The SMILES string of the molecule is O=C(CSc1nnc(-c2cccc3ccccc23)o1)Nc1nc2ccc(Br)cc2s1. The standard InChI is InChI=1S/C21H13BrN4O2S2/c22-13-8-9-16-17(10-13)30-20(23-16)24-18(27)11-29-21-26-25-19(28-21)15-7-3-5-12-4-1-2-6-14(12)15/h1-10H,11H2,(H,23,24,27). The van der Waals surface area contributed by atoms with Crippen LogP contribution in [0.25, 0.3) is 32.4 Å². The summed E-state index contributed by atoms with van der Waals surface area (Å²) in [6.45, 7) is 0. The molecule has 5 aromatic rings. The molecule has 0 aliphatic carbocycles. The average Bonchev–Trinajstić information content (AvgIpc) is 3.38. The number of rotatable bonds is 5. The number of halogens is 1. The summed E-state index contributed by atoms with van der Waals surface area (Å²) in [6.07, 6.45) is 0. The molecule has 0 radical (unpaired) electrons. The Balaban J connectivity index is 1.26. The normalized spacial score (nSPS) is 11.2. The molecule has 2 aromatic heterocycles. The fraction of sp³-hybridized carbons (Fsp3) is 0.0476. The van der Waals surface area contributed by atoms with Gasteiger partial charge in [-0.3, -0.25) is 4.79 Å². The van der Waals surface area contributed by atoms with Crippen LogP contribution < -0.4 is 5.32 Å². The Labute approximate surface area is 187 Å². The number of nitrogens with zero attached hydrogens (tertiary/aromatic N) is 3. The summed E-state index contributed by atoms with van der Waals surface area (Å²) >= 11 is 6.07. The van der Waals surface area contributed by atoms with E-state index in [2.05, 4.69) is 36.4 Å². The molecule has 0 fully saturated rings. The lowest BCUT2D eigenvalue weighted by molar-refractivity contribution is -0.113. The van der Waals surface area contributed by atoms with E-state index in [1.807, 2.05) is 60.7 Å². The minimum absolute atomic E-state index is 0.150. The Morgan fingerprint density at radius 2 is 1.97 bits per heavy atom. The van der Waals surface area contributed by atoms with Crippen LogP contribution in [-0.2, 0) is 4.79 Å². The number of carbonyl (C=O) groups is 1. The molecule has 3 aromatic carbocycles. The monoisotopic (exact) mass is 496 g/mol. The molecule has 1 N–H and O–H groups in total. The summed E-state index contributed by atoms with van der Waals surface area (Å²) in [5.74, 6) is 0.408. The number of anilines is 1. The molecule has 148 valence electrons. The fourth-order valence-corrected chi connectivity index (χ4v) is 5.02. The smallest absolute Gasteiger partial charge is 0.277 e. The van der Waals surface area contributed by atoms with Crippen molar-refractivity contribution >= 4 is 71.1 Å². The summed E-state index contributed by atoms with van der Waals surface area (Å²) in [4.78, 5) is 16.7. The van der Waals surface area contributed by atoms with E-state index in [0.717, 1.165) is 31.0 Å². The molecule has 0 unspecified atom stereocenters. The Kier molecular flexibility index (Phi) is 5.24. The van der Waals surface area contributed by atoms with Gasteiger partial charge < -0.3 is 9.73 Å². The van der Waals surface area contributed by atoms with Crippen molar-refractivity contribution in [3.8, 4) is 11.5 Å². The van der Waals surface area contributed by atoms with E-state index < -0.39 is 0 Å². The molecule has 30 heavy (non-hydrogen) atoms. The number of amides is 1. The second-order valence-corrected chi connectivity index (χ2v) is 9.24. The van der Waals surface area contributed by atoms with Crippen molar-refractivity contribution in [3.05, 3.63) is 65.1 Å². The third-order valence-corrected chi connectivity index (χ3v) is 6.60. The van der Waals surface area contributed by atoms with Gasteiger partial charge in [0.05, 0.1) is 16.0 Å². The first-order valence-corrected chi connectivity index (χ1v) is 11.6. The van der Waals surface area contributed by atoms with Gasteiger partial charge in [-0.15, -0.1) is 10.2 Å². The number of benzene rings is 3. The average molecular weight is 497 g/mol. The van der Waals surface area contributed by atoms with Crippen LogP contribution in [0.5, 0.6) is 0 Å². The zero-order valence-corrected chi connectivity index (χ0v) is 18.6. The minimum atomic E-state index is -0.178. The highest BCUT2D eigenvalue weighted by molar-refractivity contribution is 9.10. The fourth-order valence-electron chi connectivity index (χ4n) is 3.02. The first-order valence-electron chi connectivity index (χ1n) is 8.96. The Morgan fingerprint density at radius 1 is 1.10 bits per heavy atom. The van der Waals surface area contributed by atoms with E-state index in [1.165, 1.54) is 23.1 Å². The third kappa shape index (κ3) is 3.96. The van der Waals surface area contributed by atoms with Gasteiger partial charge in [-0.05, 0) is 35.0 Å².